The van der Waals surface area contributed by atoms with Crippen LogP contribution in [0.5, 0.6) is 0 Å². The molecule has 1 aromatic heterocycles. The molecule has 2 heterocycles. The molecule has 0 radical (unpaired) electrons. The van der Waals surface area contributed by atoms with E-state index in [0.717, 1.165) is 0 Å². The Hall–Kier alpha value is -4.19. The summed E-state index contributed by atoms with van der Waals surface area (Å²) in [5.74, 6) is -0.635. The van der Waals surface area contributed by atoms with Crippen LogP contribution < -0.4 is 5.32 Å². The summed E-state index contributed by atoms with van der Waals surface area (Å²) >= 11 is 0. The Balaban J connectivity index is 1.58. The number of rotatable bonds is 4. The predicted molar refractivity (Wildman–Crippen MR) is 127 cm³/mol. The second-order valence-corrected chi connectivity index (χ2v) is 9.38. The topological polar surface area (TPSA) is 100 Å². The van der Waals surface area contributed by atoms with Crippen LogP contribution in [-0.2, 0) is 4.74 Å². The van der Waals surface area contributed by atoms with Crippen molar-refractivity contribution < 1.29 is 18.7 Å². The van der Waals surface area contributed by atoms with Gasteiger partial charge in [0.2, 0.25) is 0 Å². The van der Waals surface area contributed by atoms with E-state index in [4.69, 9.17) is 10.00 Å². The minimum atomic E-state index is -0.604. The first kappa shape index (κ1) is 24.0. The van der Waals surface area contributed by atoms with Crippen molar-refractivity contribution >= 4 is 12.0 Å². The van der Waals surface area contributed by atoms with Crippen LogP contribution >= 0.6 is 0 Å². The van der Waals surface area contributed by atoms with Crippen LogP contribution in [0.15, 0.2) is 54.6 Å². The van der Waals surface area contributed by atoms with Crippen molar-refractivity contribution in [2.75, 3.05) is 13.1 Å². The second-order valence-electron chi connectivity index (χ2n) is 9.38. The third-order valence-corrected chi connectivity index (χ3v) is 5.51. The van der Waals surface area contributed by atoms with Gasteiger partial charge in [-0.2, -0.15) is 10.4 Å². The molecule has 0 saturated carbocycles. The second kappa shape index (κ2) is 9.58. The number of carbonyl (C=O) groups is 2. The lowest BCUT2D eigenvalue weighted by Gasteiger charge is -2.22. The molecule has 1 aliphatic heterocycles. The molecule has 1 fully saturated rings. The number of ether oxygens (including phenoxy) is 1. The van der Waals surface area contributed by atoms with E-state index in [-0.39, 0.29) is 23.5 Å². The average Bonchev–Trinajstić information content (AvgIpc) is 3.45. The molecule has 1 aliphatic rings. The van der Waals surface area contributed by atoms with Gasteiger partial charge >= 0.3 is 6.09 Å². The van der Waals surface area contributed by atoms with Gasteiger partial charge < -0.3 is 15.0 Å². The normalized spacial score (nSPS) is 15.5. The maximum absolute atomic E-state index is 13.5. The summed E-state index contributed by atoms with van der Waals surface area (Å²) in [5.41, 5.74) is 2.09. The van der Waals surface area contributed by atoms with Crippen molar-refractivity contribution in [3.8, 4) is 23.0 Å². The van der Waals surface area contributed by atoms with Crippen molar-refractivity contribution in [1.82, 2.24) is 20.0 Å². The Morgan fingerprint density at radius 2 is 1.83 bits per heavy atom. The third-order valence-electron chi connectivity index (χ3n) is 5.51. The van der Waals surface area contributed by atoms with E-state index < -0.39 is 11.7 Å². The smallest absolute Gasteiger partial charge is 0.407 e. The first-order valence-electron chi connectivity index (χ1n) is 11.3. The van der Waals surface area contributed by atoms with Crippen LogP contribution in [0.1, 0.15) is 43.2 Å². The van der Waals surface area contributed by atoms with E-state index in [1.807, 2.05) is 0 Å². The lowest BCUT2D eigenvalue weighted by atomic mass is 10.1. The van der Waals surface area contributed by atoms with Gasteiger partial charge in [-0.25, -0.2) is 13.9 Å². The Bertz CT molecular complexity index is 1270. The van der Waals surface area contributed by atoms with E-state index in [0.29, 0.717) is 42.0 Å². The van der Waals surface area contributed by atoms with E-state index in [1.54, 1.807) is 72.8 Å². The third kappa shape index (κ3) is 5.66. The molecule has 1 atom stereocenters. The minimum absolute atomic E-state index is 0.217. The fourth-order valence-electron chi connectivity index (χ4n) is 3.88. The van der Waals surface area contributed by atoms with Crippen LogP contribution in [-0.4, -0.2) is 51.4 Å². The summed E-state index contributed by atoms with van der Waals surface area (Å²) in [5, 5.41) is 16.5. The van der Waals surface area contributed by atoms with Gasteiger partial charge in [0.15, 0.2) is 5.69 Å². The molecule has 1 N–H and O–H groups in total. The Labute approximate surface area is 202 Å². The van der Waals surface area contributed by atoms with Gasteiger partial charge in [-0.15, -0.1) is 0 Å². The first-order chi connectivity index (χ1) is 16.6. The summed E-state index contributed by atoms with van der Waals surface area (Å²) in [4.78, 5) is 27.0. The highest BCUT2D eigenvalue weighted by Gasteiger charge is 2.31. The number of halogens is 1. The van der Waals surface area contributed by atoms with Gasteiger partial charge in [0.25, 0.3) is 5.91 Å². The van der Waals surface area contributed by atoms with Gasteiger partial charge in [0.05, 0.1) is 29.1 Å². The Kier molecular flexibility index (Phi) is 6.56. The SMILES string of the molecule is CC(C)(C)OC(=O)NC1CCN(C(=O)c2cc(-c3ccc(F)cc3)n(-c3ccc(C#N)cc3)n2)C1. The number of amides is 2. The monoisotopic (exact) mass is 475 g/mol. The maximum Gasteiger partial charge on any atom is 0.407 e. The number of nitrogens with zero attached hydrogens (tertiary/aromatic N) is 4. The highest BCUT2D eigenvalue weighted by atomic mass is 19.1. The van der Waals surface area contributed by atoms with E-state index >= 15 is 0 Å². The highest BCUT2D eigenvalue weighted by molar-refractivity contribution is 5.94. The van der Waals surface area contributed by atoms with Crippen molar-refractivity contribution in [1.29, 1.82) is 5.26 Å². The molecule has 1 saturated heterocycles. The zero-order chi connectivity index (χ0) is 25.2. The number of hydrogen-bond acceptors (Lipinski definition) is 5. The Morgan fingerprint density at radius 3 is 2.46 bits per heavy atom. The van der Waals surface area contributed by atoms with Crippen LogP contribution in [0.25, 0.3) is 16.9 Å². The van der Waals surface area contributed by atoms with Crippen LogP contribution in [0.4, 0.5) is 9.18 Å². The van der Waals surface area contributed by atoms with Crippen LogP contribution in [0.3, 0.4) is 0 Å². The van der Waals surface area contributed by atoms with E-state index in [9.17, 15) is 14.0 Å². The predicted octanol–water partition coefficient (Wildman–Crippen LogP) is 4.29. The van der Waals surface area contributed by atoms with Crippen molar-refractivity contribution in [2.45, 2.75) is 38.8 Å². The zero-order valence-corrected chi connectivity index (χ0v) is 19.8. The number of alkyl carbamates (subject to hydrolysis) is 1. The van der Waals surface area contributed by atoms with E-state index in [2.05, 4.69) is 16.5 Å². The van der Waals surface area contributed by atoms with Crippen molar-refractivity contribution in [3.63, 3.8) is 0 Å². The van der Waals surface area contributed by atoms with Crippen LogP contribution in [0, 0.1) is 17.1 Å². The zero-order valence-electron chi connectivity index (χ0n) is 19.8. The summed E-state index contributed by atoms with van der Waals surface area (Å²) in [7, 11) is 0. The fourth-order valence-corrected chi connectivity index (χ4v) is 3.88. The maximum atomic E-state index is 13.5. The highest BCUT2D eigenvalue weighted by Crippen LogP contribution is 2.26. The summed E-state index contributed by atoms with van der Waals surface area (Å²) in [6.45, 7) is 6.18. The van der Waals surface area contributed by atoms with Gasteiger partial charge in [0, 0.05) is 18.7 Å². The molecule has 9 heteroatoms. The minimum Gasteiger partial charge on any atom is -0.444 e. The molecule has 8 nitrogen and oxygen atoms in total. The summed E-state index contributed by atoms with van der Waals surface area (Å²) < 4.78 is 20.4. The standard InChI is InChI=1S/C26H26FN5O3/c1-26(2,3)35-25(34)29-20-12-13-31(16-20)24(33)22-14-23(18-6-8-19(27)9-7-18)32(30-22)21-10-4-17(15-28)5-11-21/h4-11,14,20H,12-13,16H2,1-3H3,(H,29,34). The molecule has 2 aromatic carbocycles. The molecule has 0 bridgehead atoms. The molecule has 4 rings (SSSR count). The van der Waals surface area contributed by atoms with Crippen molar-refractivity contribution in [2.24, 2.45) is 0 Å². The van der Waals surface area contributed by atoms with Gasteiger partial charge in [-0.3, -0.25) is 4.79 Å². The van der Waals surface area contributed by atoms with Crippen LogP contribution in [0.2, 0.25) is 0 Å². The average molecular weight is 476 g/mol. The molecular formula is C26H26FN5O3. The quantitative estimate of drug-likeness (QED) is 0.607. The molecular weight excluding hydrogens is 449 g/mol. The van der Waals surface area contributed by atoms with Gasteiger partial charge in [0.1, 0.15) is 11.4 Å². The lowest BCUT2D eigenvalue weighted by molar-refractivity contribution is 0.0502. The number of likely N-dealkylation sites (tertiary alicyclic amines) is 1. The fraction of sp³-hybridized carbons (Fsp3) is 0.308. The summed E-state index contributed by atoms with van der Waals surface area (Å²) in [6.07, 6.45) is 0.0899. The summed E-state index contributed by atoms with van der Waals surface area (Å²) in [6, 6.07) is 16.3. The number of carbonyl (C=O) groups excluding carboxylic acids is 2. The molecule has 0 aliphatic carbocycles. The van der Waals surface area contributed by atoms with E-state index in [1.165, 1.54) is 12.1 Å². The number of nitriles is 1. The number of aromatic nitrogens is 2. The first-order valence-corrected chi connectivity index (χ1v) is 11.3. The van der Waals surface area contributed by atoms with Gasteiger partial charge in [-0.1, -0.05) is 0 Å². The lowest BCUT2D eigenvalue weighted by Crippen LogP contribution is -2.41. The molecule has 0 spiro atoms. The number of nitrogens with one attached hydrogen (secondary N) is 1. The van der Waals surface area contributed by atoms with Crippen molar-refractivity contribution in [3.05, 3.63) is 71.7 Å². The number of benzene rings is 2. The Morgan fingerprint density at radius 1 is 1.14 bits per heavy atom. The molecule has 1 unspecified atom stereocenters. The molecule has 35 heavy (non-hydrogen) atoms. The van der Waals surface area contributed by atoms with Gasteiger partial charge in [-0.05, 0) is 81.8 Å². The molecule has 2 amide bonds. The molecule has 180 valence electrons. The largest absolute Gasteiger partial charge is 0.444 e. The number of hydrogen-bond donors (Lipinski definition) is 1. The molecule has 3 aromatic rings.